The molecule has 3 heteroatoms. The number of benzene rings is 1. The Balaban J connectivity index is 1.98. The minimum absolute atomic E-state index is 0.220. The van der Waals surface area contributed by atoms with E-state index in [-0.39, 0.29) is 5.92 Å². The summed E-state index contributed by atoms with van der Waals surface area (Å²) in [4.78, 5) is 13.5. The van der Waals surface area contributed by atoms with Crippen molar-refractivity contribution < 1.29 is 4.79 Å². The van der Waals surface area contributed by atoms with Crippen molar-refractivity contribution in [2.24, 2.45) is 5.92 Å². The van der Waals surface area contributed by atoms with E-state index in [4.69, 9.17) is 0 Å². The summed E-state index contributed by atoms with van der Waals surface area (Å²) in [7, 11) is 0. The summed E-state index contributed by atoms with van der Waals surface area (Å²) in [6.45, 7) is 4.02. The topological polar surface area (TPSA) is 29.1 Å². The Hall–Kier alpha value is -1.19. The number of Topliss-reactive ketones (excluding diaryl/α,β-unsaturated/α-hetero) is 1. The van der Waals surface area contributed by atoms with Crippen LogP contribution in [0.15, 0.2) is 24.3 Å². The summed E-state index contributed by atoms with van der Waals surface area (Å²) in [6, 6.07) is 8.30. The van der Waals surface area contributed by atoms with Crippen molar-refractivity contribution in [2.75, 3.05) is 13.1 Å². The largest absolute Gasteiger partial charge is 0.317 e. The summed E-state index contributed by atoms with van der Waals surface area (Å²) >= 11 is 1.66. The van der Waals surface area contributed by atoms with Gasteiger partial charge in [-0.2, -0.15) is 0 Å². The van der Waals surface area contributed by atoms with Crippen molar-refractivity contribution in [2.45, 2.75) is 19.8 Å². The lowest BCUT2D eigenvalue weighted by atomic mass is 9.91. The van der Waals surface area contributed by atoms with Gasteiger partial charge < -0.3 is 5.32 Å². The van der Waals surface area contributed by atoms with E-state index in [0.717, 1.165) is 30.8 Å². The highest BCUT2D eigenvalue weighted by Gasteiger charge is 2.25. The van der Waals surface area contributed by atoms with Gasteiger partial charge in [0.2, 0.25) is 0 Å². The Labute approximate surface area is 111 Å². The molecule has 0 saturated carbocycles. The fraction of sp³-hybridized carbons (Fsp3) is 0.400. The van der Waals surface area contributed by atoms with E-state index in [1.54, 1.807) is 11.3 Å². The molecule has 0 atom stereocenters. The molecule has 1 N–H and O–H groups in total. The molecule has 1 aliphatic rings. The number of hydrogen-bond donors (Lipinski definition) is 1. The number of nitrogens with one attached hydrogen (secondary N) is 1. The lowest BCUT2D eigenvalue weighted by molar-refractivity contribution is 0.0899. The summed E-state index contributed by atoms with van der Waals surface area (Å²) in [6.07, 6.45) is 1.96. The molecule has 0 spiro atoms. The van der Waals surface area contributed by atoms with Crippen LogP contribution in [0.5, 0.6) is 0 Å². The molecule has 2 nitrogen and oxygen atoms in total. The average molecular weight is 259 g/mol. The van der Waals surface area contributed by atoms with E-state index in [0.29, 0.717) is 5.78 Å². The fourth-order valence-corrected chi connectivity index (χ4v) is 3.91. The van der Waals surface area contributed by atoms with Crippen molar-refractivity contribution in [3.8, 4) is 0 Å². The van der Waals surface area contributed by atoms with Crippen LogP contribution in [-0.2, 0) is 0 Å². The van der Waals surface area contributed by atoms with Gasteiger partial charge in [-0.15, -0.1) is 11.3 Å². The standard InChI is InChI=1S/C15H17NOS/c1-10-12-4-2-3-5-13(12)18-15(10)14(17)11-6-8-16-9-7-11/h2-5,11,16H,6-9H2,1H3. The normalized spacial score (nSPS) is 17.2. The van der Waals surface area contributed by atoms with Crippen molar-refractivity contribution in [3.63, 3.8) is 0 Å². The van der Waals surface area contributed by atoms with Gasteiger partial charge in [0.15, 0.2) is 5.78 Å². The van der Waals surface area contributed by atoms with Crippen LogP contribution in [0.25, 0.3) is 10.1 Å². The first kappa shape index (κ1) is 11.9. The zero-order chi connectivity index (χ0) is 12.5. The van der Waals surface area contributed by atoms with E-state index >= 15 is 0 Å². The van der Waals surface area contributed by atoms with Crippen molar-refractivity contribution >= 4 is 27.2 Å². The molecule has 0 amide bonds. The van der Waals surface area contributed by atoms with Crippen LogP contribution in [0, 0.1) is 12.8 Å². The maximum absolute atomic E-state index is 12.6. The van der Waals surface area contributed by atoms with Gasteiger partial charge in [-0.3, -0.25) is 4.79 Å². The zero-order valence-corrected chi connectivity index (χ0v) is 11.3. The van der Waals surface area contributed by atoms with Crippen LogP contribution in [-0.4, -0.2) is 18.9 Å². The predicted molar refractivity (Wildman–Crippen MR) is 76.5 cm³/mol. The van der Waals surface area contributed by atoms with E-state index in [2.05, 4.69) is 24.4 Å². The number of fused-ring (bicyclic) bond motifs is 1. The third-order valence-electron chi connectivity index (χ3n) is 3.78. The van der Waals surface area contributed by atoms with Gasteiger partial charge in [0.25, 0.3) is 0 Å². The van der Waals surface area contributed by atoms with Gasteiger partial charge in [-0.25, -0.2) is 0 Å². The van der Waals surface area contributed by atoms with Crippen molar-refractivity contribution in [3.05, 3.63) is 34.7 Å². The highest BCUT2D eigenvalue weighted by Crippen LogP contribution is 2.33. The lowest BCUT2D eigenvalue weighted by Gasteiger charge is -2.21. The molecule has 0 bridgehead atoms. The molecule has 1 fully saturated rings. The highest BCUT2D eigenvalue weighted by atomic mass is 32.1. The third kappa shape index (κ3) is 1.98. The van der Waals surface area contributed by atoms with Gasteiger partial charge >= 0.3 is 0 Å². The summed E-state index contributed by atoms with van der Waals surface area (Å²) < 4.78 is 1.23. The van der Waals surface area contributed by atoms with Crippen LogP contribution in [0.4, 0.5) is 0 Å². The number of piperidine rings is 1. The number of rotatable bonds is 2. The van der Waals surface area contributed by atoms with Crippen molar-refractivity contribution in [1.82, 2.24) is 5.32 Å². The number of thiophene rings is 1. The molecule has 2 aromatic rings. The molecular weight excluding hydrogens is 242 g/mol. The first-order chi connectivity index (χ1) is 8.77. The molecule has 1 aromatic heterocycles. The molecule has 18 heavy (non-hydrogen) atoms. The number of carbonyl (C=O) groups excluding carboxylic acids is 1. The summed E-state index contributed by atoms with van der Waals surface area (Å²) in [5, 5.41) is 4.55. The Morgan fingerprint density at radius 1 is 1.28 bits per heavy atom. The second kappa shape index (κ2) is 4.82. The second-order valence-corrected chi connectivity index (χ2v) is 5.99. The Bertz CT molecular complexity index is 581. The van der Waals surface area contributed by atoms with Crippen molar-refractivity contribution in [1.29, 1.82) is 0 Å². The summed E-state index contributed by atoms with van der Waals surface area (Å²) in [5.74, 6) is 0.577. The van der Waals surface area contributed by atoms with Gasteiger partial charge in [0.05, 0.1) is 4.88 Å². The number of carbonyl (C=O) groups is 1. The maximum Gasteiger partial charge on any atom is 0.176 e. The monoisotopic (exact) mass is 259 g/mol. The molecule has 0 aliphatic carbocycles. The first-order valence-corrected chi connectivity index (χ1v) is 7.32. The predicted octanol–water partition coefficient (Wildman–Crippen LogP) is 3.39. The molecule has 94 valence electrons. The van der Waals surface area contributed by atoms with Crippen LogP contribution < -0.4 is 5.32 Å². The van der Waals surface area contributed by atoms with Crippen LogP contribution in [0.1, 0.15) is 28.1 Å². The SMILES string of the molecule is Cc1c(C(=O)C2CCNCC2)sc2ccccc12. The fourth-order valence-electron chi connectivity index (χ4n) is 2.68. The Kier molecular flexibility index (Phi) is 3.18. The summed E-state index contributed by atoms with van der Waals surface area (Å²) in [5.41, 5.74) is 1.17. The molecular formula is C15H17NOS. The minimum Gasteiger partial charge on any atom is -0.317 e. The highest BCUT2D eigenvalue weighted by molar-refractivity contribution is 7.21. The Morgan fingerprint density at radius 3 is 2.72 bits per heavy atom. The molecule has 1 aromatic carbocycles. The molecule has 0 unspecified atom stereocenters. The van der Waals surface area contributed by atoms with E-state index < -0.39 is 0 Å². The molecule has 1 saturated heterocycles. The number of aryl methyl sites for hydroxylation is 1. The molecule has 3 rings (SSSR count). The maximum atomic E-state index is 12.6. The Morgan fingerprint density at radius 2 is 2.00 bits per heavy atom. The quantitative estimate of drug-likeness (QED) is 0.838. The minimum atomic E-state index is 0.220. The smallest absolute Gasteiger partial charge is 0.176 e. The number of ketones is 1. The molecule has 0 radical (unpaired) electrons. The van der Waals surface area contributed by atoms with Gasteiger partial charge in [0.1, 0.15) is 0 Å². The lowest BCUT2D eigenvalue weighted by Crippen LogP contribution is -2.31. The molecule has 1 aliphatic heterocycles. The van der Waals surface area contributed by atoms with Crippen LogP contribution in [0.3, 0.4) is 0 Å². The number of hydrogen-bond acceptors (Lipinski definition) is 3. The first-order valence-electron chi connectivity index (χ1n) is 6.50. The van der Waals surface area contributed by atoms with Crippen LogP contribution >= 0.6 is 11.3 Å². The third-order valence-corrected chi connectivity index (χ3v) is 5.06. The van der Waals surface area contributed by atoms with Gasteiger partial charge in [-0.1, -0.05) is 18.2 Å². The van der Waals surface area contributed by atoms with E-state index in [9.17, 15) is 4.79 Å². The second-order valence-electron chi connectivity index (χ2n) is 4.94. The molecule has 2 heterocycles. The van der Waals surface area contributed by atoms with Crippen LogP contribution in [0.2, 0.25) is 0 Å². The zero-order valence-electron chi connectivity index (χ0n) is 10.5. The van der Waals surface area contributed by atoms with E-state index in [1.807, 2.05) is 12.1 Å². The average Bonchev–Trinajstić information content (AvgIpc) is 2.77. The van der Waals surface area contributed by atoms with Gasteiger partial charge in [0, 0.05) is 10.6 Å². The van der Waals surface area contributed by atoms with E-state index in [1.165, 1.54) is 15.6 Å². The van der Waals surface area contributed by atoms with Gasteiger partial charge in [-0.05, 0) is 49.9 Å².